The fourth-order valence-corrected chi connectivity index (χ4v) is 3.14. The van der Waals surface area contributed by atoms with Crippen molar-refractivity contribution < 1.29 is 17.9 Å². The van der Waals surface area contributed by atoms with E-state index in [0.717, 1.165) is 5.75 Å². The molecular formula is C15H16BrNO4S. The largest absolute Gasteiger partial charge is 0.497 e. The van der Waals surface area contributed by atoms with Crippen molar-refractivity contribution in [3.05, 3.63) is 53.0 Å². The van der Waals surface area contributed by atoms with E-state index in [9.17, 15) is 8.42 Å². The van der Waals surface area contributed by atoms with Crippen LogP contribution in [0.3, 0.4) is 0 Å². The van der Waals surface area contributed by atoms with Gasteiger partial charge in [-0.2, -0.15) is 0 Å². The van der Waals surface area contributed by atoms with E-state index >= 15 is 0 Å². The molecule has 0 atom stereocenters. The Labute approximate surface area is 138 Å². The minimum Gasteiger partial charge on any atom is -0.497 e. The van der Waals surface area contributed by atoms with Crippen LogP contribution in [0.25, 0.3) is 0 Å². The lowest BCUT2D eigenvalue weighted by molar-refractivity contribution is 0.340. The summed E-state index contributed by atoms with van der Waals surface area (Å²) in [6.45, 7) is 0.0616. The molecule has 0 spiro atoms. The second kappa shape index (κ2) is 7.51. The predicted molar refractivity (Wildman–Crippen MR) is 90.0 cm³/mol. The second-order valence-electron chi connectivity index (χ2n) is 4.42. The Morgan fingerprint density at radius 1 is 1.05 bits per heavy atom. The first-order chi connectivity index (χ1) is 10.5. The molecular weight excluding hydrogens is 370 g/mol. The van der Waals surface area contributed by atoms with Crippen LogP contribution >= 0.6 is 15.9 Å². The highest BCUT2D eigenvalue weighted by Gasteiger charge is 2.12. The Morgan fingerprint density at radius 3 is 2.32 bits per heavy atom. The molecule has 0 aliphatic carbocycles. The molecule has 118 valence electrons. The van der Waals surface area contributed by atoms with Gasteiger partial charge in [0.15, 0.2) is 0 Å². The summed E-state index contributed by atoms with van der Waals surface area (Å²) in [6, 6.07) is 14.0. The summed E-state index contributed by atoms with van der Waals surface area (Å²) in [4.78, 5) is 0. The Morgan fingerprint density at radius 2 is 1.68 bits per heavy atom. The molecule has 0 saturated heterocycles. The zero-order valence-electron chi connectivity index (χ0n) is 12.0. The fraction of sp³-hybridized carbons (Fsp3) is 0.200. The zero-order chi connectivity index (χ0) is 16.0. The summed E-state index contributed by atoms with van der Waals surface area (Å²) in [5, 5.41) is 0. The second-order valence-corrected chi connectivity index (χ2v) is 7.12. The number of ether oxygens (including phenoxy) is 2. The van der Waals surface area contributed by atoms with Gasteiger partial charge in [-0.15, -0.1) is 0 Å². The molecule has 0 bridgehead atoms. The summed E-state index contributed by atoms with van der Waals surface area (Å²) in [5.41, 5.74) is 0.506. The van der Waals surface area contributed by atoms with Gasteiger partial charge in [0, 0.05) is 4.47 Å². The van der Waals surface area contributed by atoms with Crippen LogP contribution in [-0.2, 0) is 10.0 Å². The van der Waals surface area contributed by atoms with Crippen LogP contribution in [0.2, 0.25) is 0 Å². The van der Waals surface area contributed by atoms with E-state index in [1.54, 1.807) is 49.6 Å². The third kappa shape index (κ3) is 4.92. The number of halogens is 1. The fourth-order valence-electron chi connectivity index (χ4n) is 1.70. The van der Waals surface area contributed by atoms with Gasteiger partial charge in [0.05, 0.1) is 12.8 Å². The first-order valence-electron chi connectivity index (χ1n) is 6.52. The van der Waals surface area contributed by atoms with Crippen LogP contribution in [0, 0.1) is 0 Å². The van der Waals surface area contributed by atoms with Crippen molar-refractivity contribution in [1.82, 2.24) is 0 Å². The van der Waals surface area contributed by atoms with Crippen molar-refractivity contribution in [1.29, 1.82) is 0 Å². The number of para-hydroxylation sites is 1. The number of rotatable bonds is 7. The lowest BCUT2D eigenvalue weighted by Crippen LogP contribution is -2.21. The maximum Gasteiger partial charge on any atom is 0.236 e. The first-order valence-corrected chi connectivity index (χ1v) is 8.96. The molecule has 0 aromatic heterocycles. The number of hydrogen-bond acceptors (Lipinski definition) is 4. The van der Waals surface area contributed by atoms with E-state index in [1.807, 2.05) is 6.07 Å². The van der Waals surface area contributed by atoms with Crippen LogP contribution in [0.1, 0.15) is 0 Å². The van der Waals surface area contributed by atoms with E-state index in [-0.39, 0.29) is 12.4 Å². The molecule has 2 rings (SSSR count). The third-order valence-corrected chi connectivity index (χ3v) is 4.75. The Bertz CT molecular complexity index is 717. The van der Waals surface area contributed by atoms with Gasteiger partial charge in [-0.05, 0) is 52.3 Å². The summed E-state index contributed by atoms with van der Waals surface area (Å²) in [7, 11) is -1.89. The lowest BCUT2D eigenvalue weighted by Gasteiger charge is -2.10. The lowest BCUT2D eigenvalue weighted by atomic mass is 10.3. The number of anilines is 1. The van der Waals surface area contributed by atoms with Crippen LogP contribution in [0.4, 0.5) is 5.69 Å². The molecule has 1 N–H and O–H groups in total. The Kier molecular flexibility index (Phi) is 5.68. The Hall–Kier alpha value is -1.73. The molecule has 2 aromatic rings. The van der Waals surface area contributed by atoms with Crippen molar-refractivity contribution in [2.45, 2.75) is 0 Å². The highest BCUT2D eigenvalue weighted by Crippen LogP contribution is 2.22. The van der Waals surface area contributed by atoms with Gasteiger partial charge in [-0.25, -0.2) is 8.42 Å². The molecule has 0 radical (unpaired) electrons. The van der Waals surface area contributed by atoms with Crippen molar-refractivity contribution in [3.63, 3.8) is 0 Å². The topological polar surface area (TPSA) is 64.6 Å². The van der Waals surface area contributed by atoms with Gasteiger partial charge in [0.25, 0.3) is 0 Å². The van der Waals surface area contributed by atoms with Gasteiger partial charge in [0.1, 0.15) is 23.9 Å². The standard InChI is InChI=1S/C15H16BrNO4S/c1-20-12-6-8-13(9-7-12)21-10-11-22(18,19)17-15-5-3-2-4-14(15)16/h2-9,17H,10-11H2,1H3. The maximum atomic E-state index is 12.0. The predicted octanol–water partition coefficient (Wildman–Crippen LogP) is 3.28. The zero-order valence-corrected chi connectivity index (χ0v) is 14.4. The average Bonchev–Trinajstić information content (AvgIpc) is 2.50. The van der Waals surface area contributed by atoms with E-state index in [0.29, 0.717) is 15.9 Å². The number of hydrogen-bond donors (Lipinski definition) is 1. The summed E-state index contributed by atoms with van der Waals surface area (Å²) in [5.74, 6) is 1.17. The smallest absolute Gasteiger partial charge is 0.236 e. The van der Waals surface area contributed by atoms with E-state index < -0.39 is 10.0 Å². The normalized spacial score (nSPS) is 11.0. The van der Waals surface area contributed by atoms with Gasteiger partial charge in [-0.1, -0.05) is 12.1 Å². The highest BCUT2D eigenvalue weighted by molar-refractivity contribution is 9.10. The molecule has 7 heteroatoms. The number of methoxy groups -OCH3 is 1. The number of benzene rings is 2. The van der Waals surface area contributed by atoms with E-state index in [4.69, 9.17) is 9.47 Å². The third-order valence-electron chi connectivity index (χ3n) is 2.82. The van der Waals surface area contributed by atoms with E-state index in [1.165, 1.54) is 0 Å². The molecule has 0 fully saturated rings. The quantitative estimate of drug-likeness (QED) is 0.793. The molecule has 0 amide bonds. The van der Waals surface area contributed by atoms with Gasteiger partial charge in [0.2, 0.25) is 10.0 Å². The van der Waals surface area contributed by atoms with Crippen LogP contribution in [-0.4, -0.2) is 27.9 Å². The maximum absolute atomic E-state index is 12.0. The summed E-state index contributed by atoms with van der Waals surface area (Å²) in [6.07, 6.45) is 0. The molecule has 0 unspecified atom stereocenters. The molecule has 2 aromatic carbocycles. The average molecular weight is 386 g/mol. The number of nitrogens with one attached hydrogen (secondary N) is 1. The minimum absolute atomic E-state index is 0.0616. The molecule has 0 aliphatic rings. The van der Waals surface area contributed by atoms with Crippen LogP contribution < -0.4 is 14.2 Å². The van der Waals surface area contributed by atoms with Crippen molar-refractivity contribution in [2.24, 2.45) is 0 Å². The van der Waals surface area contributed by atoms with Crippen LogP contribution in [0.15, 0.2) is 53.0 Å². The molecule has 0 saturated carbocycles. The molecule has 0 heterocycles. The monoisotopic (exact) mass is 385 g/mol. The SMILES string of the molecule is COc1ccc(OCCS(=O)(=O)Nc2ccccc2Br)cc1. The van der Waals surface area contributed by atoms with Crippen molar-refractivity contribution in [3.8, 4) is 11.5 Å². The summed E-state index contributed by atoms with van der Waals surface area (Å²) < 4.78 is 37.7. The molecule has 0 aliphatic heterocycles. The first kappa shape index (κ1) is 16.6. The van der Waals surface area contributed by atoms with Crippen molar-refractivity contribution in [2.75, 3.05) is 24.2 Å². The minimum atomic E-state index is -3.47. The highest BCUT2D eigenvalue weighted by atomic mass is 79.9. The van der Waals surface area contributed by atoms with E-state index in [2.05, 4.69) is 20.7 Å². The molecule has 5 nitrogen and oxygen atoms in total. The van der Waals surface area contributed by atoms with Gasteiger partial charge >= 0.3 is 0 Å². The van der Waals surface area contributed by atoms with Gasteiger partial charge in [-0.3, -0.25) is 4.72 Å². The molecule has 22 heavy (non-hydrogen) atoms. The van der Waals surface area contributed by atoms with Crippen molar-refractivity contribution >= 4 is 31.6 Å². The summed E-state index contributed by atoms with van der Waals surface area (Å²) >= 11 is 3.30. The van der Waals surface area contributed by atoms with Crippen LogP contribution in [0.5, 0.6) is 11.5 Å². The Balaban J connectivity index is 1.88. The number of sulfonamides is 1. The van der Waals surface area contributed by atoms with Gasteiger partial charge < -0.3 is 9.47 Å².